The Balaban J connectivity index is 1.18. The summed E-state index contributed by atoms with van der Waals surface area (Å²) in [4.78, 5) is 19.6. The number of nitrogens with zero attached hydrogens (tertiary/aromatic N) is 6. The summed E-state index contributed by atoms with van der Waals surface area (Å²) in [5.41, 5.74) is 1.63. The molecule has 4 heterocycles. The molecule has 0 aliphatic carbocycles. The molecule has 10 heteroatoms. The van der Waals surface area contributed by atoms with E-state index in [4.69, 9.17) is 0 Å². The molecule has 2 aromatic heterocycles. The smallest absolute Gasteiger partial charge is 0.258 e. The van der Waals surface area contributed by atoms with E-state index in [0.29, 0.717) is 10.2 Å². The Hall–Kier alpha value is -1.49. The number of benzene rings is 1. The summed E-state index contributed by atoms with van der Waals surface area (Å²) in [6.45, 7) is 6.29. The van der Waals surface area contributed by atoms with Gasteiger partial charge in [0.15, 0.2) is 0 Å². The summed E-state index contributed by atoms with van der Waals surface area (Å²) in [7, 11) is 0. The van der Waals surface area contributed by atoms with Crippen molar-refractivity contribution >= 4 is 65.4 Å². The lowest BCUT2D eigenvalue weighted by Crippen LogP contribution is -2.50. The molecule has 0 N–H and O–H groups in total. The molecule has 3 aromatic rings. The summed E-state index contributed by atoms with van der Waals surface area (Å²) < 4.78 is 8.17. The van der Waals surface area contributed by atoms with Crippen molar-refractivity contribution in [2.24, 2.45) is 0 Å². The van der Waals surface area contributed by atoms with Gasteiger partial charge in [-0.1, -0.05) is 12.1 Å². The Morgan fingerprint density at radius 3 is 2.69 bits per heavy atom. The molecule has 29 heavy (non-hydrogen) atoms. The molecule has 0 atom stereocenters. The van der Waals surface area contributed by atoms with Crippen LogP contribution < -0.4 is 4.90 Å². The molecule has 152 valence electrons. The van der Waals surface area contributed by atoms with Gasteiger partial charge in [-0.2, -0.15) is 13.2 Å². The highest BCUT2D eigenvalue weighted by molar-refractivity contribution is 9.10. The number of rotatable bonds is 4. The Bertz CT molecular complexity index is 1060. The molecule has 0 spiro atoms. The molecule has 0 saturated carbocycles. The highest BCUT2D eigenvalue weighted by Gasteiger charge is 2.31. The van der Waals surface area contributed by atoms with E-state index in [1.165, 1.54) is 10.1 Å². The number of carbonyl (C=O) groups is 1. The molecule has 0 unspecified atom stereocenters. The third kappa shape index (κ3) is 3.60. The number of fused-ring (bicyclic) bond motifs is 2. The normalized spacial score (nSPS) is 17.9. The summed E-state index contributed by atoms with van der Waals surface area (Å²) in [5, 5.41) is 5.51. The summed E-state index contributed by atoms with van der Waals surface area (Å²) in [5.74, 6) is 1.18. The molecule has 0 bridgehead atoms. The molecule has 1 amide bonds. The summed E-state index contributed by atoms with van der Waals surface area (Å²) >= 11 is 8.36. The number of aromatic nitrogens is 3. The van der Waals surface area contributed by atoms with Crippen molar-refractivity contribution in [2.75, 3.05) is 50.7 Å². The minimum atomic E-state index is 0.0661. The first-order valence-electron chi connectivity index (χ1n) is 9.66. The van der Waals surface area contributed by atoms with Gasteiger partial charge in [0, 0.05) is 57.6 Å². The van der Waals surface area contributed by atoms with Crippen molar-refractivity contribution in [3.63, 3.8) is 0 Å². The van der Waals surface area contributed by atoms with Crippen LogP contribution in [0.3, 0.4) is 0 Å². The third-order valence-corrected chi connectivity index (χ3v) is 7.69. The number of anilines is 1. The lowest BCUT2D eigenvalue weighted by atomic mass is 10.1. The van der Waals surface area contributed by atoms with Crippen LogP contribution in [-0.2, 0) is 6.42 Å². The highest BCUT2D eigenvalue weighted by Crippen LogP contribution is 2.30. The topological polar surface area (TPSA) is 57.5 Å². The van der Waals surface area contributed by atoms with E-state index >= 15 is 0 Å². The van der Waals surface area contributed by atoms with E-state index < -0.39 is 0 Å². The van der Waals surface area contributed by atoms with Gasteiger partial charge in [-0.3, -0.25) is 9.69 Å². The zero-order valence-electron chi connectivity index (χ0n) is 15.7. The molecule has 2 aliphatic heterocycles. The second kappa shape index (κ2) is 7.98. The van der Waals surface area contributed by atoms with Crippen molar-refractivity contribution < 1.29 is 4.79 Å². The average Bonchev–Trinajstić information content (AvgIpc) is 3.29. The summed E-state index contributed by atoms with van der Waals surface area (Å²) in [6, 6.07) is 8.43. The van der Waals surface area contributed by atoms with Crippen LogP contribution in [0.2, 0.25) is 0 Å². The van der Waals surface area contributed by atoms with Gasteiger partial charge in [-0.15, -0.1) is 0 Å². The van der Waals surface area contributed by atoms with Crippen LogP contribution in [0.15, 0.2) is 28.9 Å². The molecule has 2 aliphatic rings. The Kier molecular flexibility index (Phi) is 5.35. The van der Waals surface area contributed by atoms with Crippen molar-refractivity contribution in [3.05, 3.63) is 40.1 Å². The maximum Gasteiger partial charge on any atom is 0.258 e. The van der Waals surface area contributed by atoms with E-state index in [9.17, 15) is 4.79 Å². The Labute approximate surface area is 189 Å². The number of hydrogen-bond donors (Lipinski definition) is 0. The maximum absolute atomic E-state index is 12.8. The van der Waals surface area contributed by atoms with Crippen LogP contribution in [0.4, 0.5) is 5.82 Å². The molecular weight excluding hydrogens is 520 g/mol. The van der Waals surface area contributed by atoms with Gasteiger partial charge < -0.3 is 9.80 Å². The van der Waals surface area contributed by atoms with Gasteiger partial charge >= 0.3 is 0 Å². The van der Waals surface area contributed by atoms with Gasteiger partial charge in [0.25, 0.3) is 5.91 Å². The quantitative estimate of drug-likeness (QED) is 0.509. The highest BCUT2D eigenvalue weighted by atomic mass is 79.9. The fourth-order valence-electron chi connectivity index (χ4n) is 4.09. The first-order valence-corrected chi connectivity index (χ1v) is 11.9. The first-order chi connectivity index (χ1) is 14.1. The van der Waals surface area contributed by atoms with Gasteiger partial charge in [-0.05, 0) is 39.6 Å². The number of halogens is 2. The second-order valence-electron chi connectivity index (χ2n) is 7.35. The Morgan fingerprint density at radius 2 is 1.86 bits per heavy atom. The van der Waals surface area contributed by atoms with Gasteiger partial charge in [0.2, 0.25) is 0 Å². The van der Waals surface area contributed by atoms with E-state index in [1.54, 1.807) is 15.2 Å². The predicted octanol–water partition coefficient (Wildman–Crippen LogP) is 3.23. The average molecular weight is 540 g/mol. The van der Waals surface area contributed by atoms with Crippen molar-refractivity contribution in [3.8, 4) is 0 Å². The van der Waals surface area contributed by atoms with Gasteiger partial charge in [-0.25, -0.2) is 0 Å². The first kappa shape index (κ1) is 19.5. The minimum Gasteiger partial charge on any atom is -0.353 e. The third-order valence-electron chi connectivity index (χ3n) is 5.73. The van der Waals surface area contributed by atoms with E-state index in [0.717, 1.165) is 63.7 Å². The minimum absolute atomic E-state index is 0.0661. The molecule has 1 aromatic carbocycles. The van der Waals surface area contributed by atoms with Gasteiger partial charge in [0.1, 0.15) is 10.4 Å². The standard InChI is InChI=1S/C19H20Br2N6OS/c20-17-16-14(27(21)22-17)5-6-26(19(16)28)12-9-24-7-10-25(11-8-24)18-13-3-1-2-4-15(13)29-23-18/h1-4H,5-12H2. The fourth-order valence-corrected chi connectivity index (χ4v) is 6.17. The zero-order chi connectivity index (χ0) is 20.0. The molecule has 7 nitrogen and oxygen atoms in total. The lowest BCUT2D eigenvalue weighted by Gasteiger charge is -2.36. The van der Waals surface area contributed by atoms with Crippen molar-refractivity contribution in [1.82, 2.24) is 23.0 Å². The van der Waals surface area contributed by atoms with E-state index in [-0.39, 0.29) is 5.91 Å². The van der Waals surface area contributed by atoms with Crippen LogP contribution in [0, 0.1) is 0 Å². The second-order valence-corrected chi connectivity index (χ2v) is 9.57. The fraction of sp³-hybridized carbons (Fsp3) is 0.421. The van der Waals surface area contributed by atoms with E-state index in [2.05, 4.69) is 75.6 Å². The van der Waals surface area contributed by atoms with E-state index in [1.807, 2.05) is 4.90 Å². The van der Waals surface area contributed by atoms with Crippen LogP contribution >= 0.6 is 43.6 Å². The number of carbonyl (C=O) groups excluding carboxylic acids is 1. The molecule has 5 rings (SSSR count). The maximum atomic E-state index is 12.8. The SMILES string of the molecule is O=C1c2c(Br)nn(Br)c2CCN1CCN1CCN(c2nsc3ccccc23)CC1. The largest absolute Gasteiger partial charge is 0.353 e. The van der Waals surface area contributed by atoms with Crippen molar-refractivity contribution in [2.45, 2.75) is 6.42 Å². The van der Waals surface area contributed by atoms with Crippen LogP contribution in [0.25, 0.3) is 10.1 Å². The van der Waals surface area contributed by atoms with Crippen molar-refractivity contribution in [1.29, 1.82) is 0 Å². The van der Waals surface area contributed by atoms with Gasteiger partial charge in [0.05, 0.1) is 32.1 Å². The van der Waals surface area contributed by atoms with Crippen LogP contribution in [-0.4, -0.2) is 74.7 Å². The molecule has 1 fully saturated rings. The number of amides is 1. The zero-order valence-corrected chi connectivity index (χ0v) is 19.7. The van der Waals surface area contributed by atoms with Crippen LogP contribution in [0.5, 0.6) is 0 Å². The monoisotopic (exact) mass is 538 g/mol. The number of hydrogen-bond acceptors (Lipinski definition) is 6. The molecule has 0 radical (unpaired) electrons. The molecule has 1 saturated heterocycles. The predicted molar refractivity (Wildman–Crippen MR) is 122 cm³/mol. The molecular formula is C19H20Br2N6OS. The Morgan fingerprint density at radius 1 is 1.07 bits per heavy atom. The lowest BCUT2D eigenvalue weighted by molar-refractivity contribution is 0.0715. The summed E-state index contributed by atoms with van der Waals surface area (Å²) in [6.07, 6.45) is 0.815. The number of piperazine rings is 1. The van der Waals surface area contributed by atoms with Crippen LogP contribution in [0.1, 0.15) is 16.1 Å².